The van der Waals surface area contributed by atoms with Crippen LogP contribution in [-0.2, 0) is 9.53 Å². The lowest BCUT2D eigenvalue weighted by Crippen LogP contribution is -2.31. The molecule has 5 heteroatoms. The number of amides is 1. The second kappa shape index (κ2) is 8.98. The number of hydrogen-bond donors (Lipinski definition) is 1. The molecule has 1 rings (SSSR count). The molecule has 1 aromatic rings. The van der Waals surface area contributed by atoms with E-state index in [1.165, 1.54) is 0 Å². The van der Waals surface area contributed by atoms with Gasteiger partial charge in [-0.25, -0.2) is 0 Å². The molecule has 1 amide bonds. The van der Waals surface area contributed by atoms with Gasteiger partial charge in [-0.1, -0.05) is 12.2 Å². The number of ether oxygens (including phenoxy) is 3. The molecule has 0 radical (unpaired) electrons. The summed E-state index contributed by atoms with van der Waals surface area (Å²) in [5.41, 5.74) is 0.958. The number of nitrogens with one attached hydrogen (secondary N) is 1. The Morgan fingerprint density at radius 3 is 2.45 bits per heavy atom. The largest absolute Gasteiger partial charge is 0.497 e. The maximum atomic E-state index is 11.5. The van der Waals surface area contributed by atoms with Crippen molar-refractivity contribution in [2.75, 3.05) is 33.5 Å². The summed E-state index contributed by atoms with van der Waals surface area (Å²) in [5.74, 6) is 1.19. The normalized spacial score (nSPS) is 9.90. The quantitative estimate of drug-likeness (QED) is 0.553. The van der Waals surface area contributed by atoms with E-state index < -0.39 is 0 Å². The Balaban J connectivity index is 2.14. The van der Waals surface area contributed by atoms with Gasteiger partial charge in [-0.05, 0) is 31.2 Å². The molecule has 0 aliphatic heterocycles. The number of carbonyl (C=O) groups excluding carboxylic acids is 1. The summed E-state index contributed by atoms with van der Waals surface area (Å²) in [5, 5.41) is 2.71. The van der Waals surface area contributed by atoms with Gasteiger partial charge in [-0.3, -0.25) is 4.79 Å². The average Bonchev–Trinajstić information content (AvgIpc) is 2.45. The number of methoxy groups -OCH3 is 1. The SMILES string of the molecule is C=C(C)COCCNC(=O)COc1ccc(OC)cc1. The number of carbonyl (C=O) groups is 1. The molecule has 0 bridgehead atoms. The minimum atomic E-state index is -0.181. The monoisotopic (exact) mass is 279 g/mol. The smallest absolute Gasteiger partial charge is 0.258 e. The van der Waals surface area contributed by atoms with Crippen molar-refractivity contribution in [1.82, 2.24) is 5.32 Å². The summed E-state index contributed by atoms with van der Waals surface area (Å²) in [6, 6.07) is 7.06. The molecule has 0 fully saturated rings. The Bertz CT molecular complexity index is 428. The molecule has 0 atom stereocenters. The fourth-order valence-electron chi connectivity index (χ4n) is 1.38. The average molecular weight is 279 g/mol. The standard InChI is InChI=1S/C15H21NO4/c1-12(2)10-19-9-8-16-15(17)11-20-14-6-4-13(18-3)5-7-14/h4-7H,1,8-11H2,2-3H3,(H,16,17). The molecule has 0 unspecified atom stereocenters. The fraction of sp³-hybridized carbons (Fsp3) is 0.400. The molecule has 0 aliphatic rings. The van der Waals surface area contributed by atoms with Gasteiger partial charge in [0, 0.05) is 6.54 Å². The van der Waals surface area contributed by atoms with E-state index in [9.17, 15) is 4.79 Å². The highest BCUT2D eigenvalue weighted by atomic mass is 16.5. The van der Waals surface area contributed by atoms with E-state index in [1.54, 1.807) is 31.4 Å². The van der Waals surface area contributed by atoms with Gasteiger partial charge in [0.25, 0.3) is 5.91 Å². The summed E-state index contributed by atoms with van der Waals surface area (Å²) in [7, 11) is 1.60. The van der Waals surface area contributed by atoms with Gasteiger partial charge in [-0.15, -0.1) is 0 Å². The second-order valence-electron chi connectivity index (χ2n) is 4.32. The molecule has 5 nitrogen and oxygen atoms in total. The lowest BCUT2D eigenvalue weighted by Gasteiger charge is -2.08. The van der Waals surface area contributed by atoms with E-state index in [1.807, 2.05) is 6.92 Å². The van der Waals surface area contributed by atoms with Crippen LogP contribution in [0.25, 0.3) is 0 Å². The Kier molecular flexibility index (Phi) is 7.21. The Morgan fingerprint density at radius 2 is 1.85 bits per heavy atom. The van der Waals surface area contributed by atoms with Crippen molar-refractivity contribution in [1.29, 1.82) is 0 Å². The Morgan fingerprint density at radius 1 is 1.20 bits per heavy atom. The Labute approximate surface area is 119 Å². The van der Waals surface area contributed by atoms with E-state index in [-0.39, 0.29) is 12.5 Å². The molecule has 0 aromatic heterocycles. The van der Waals surface area contributed by atoms with E-state index in [0.717, 1.165) is 11.3 Å². The van der Waals surface area contributed by atoms with Crippen molar-refractivity contribution in [3.63, 3.8) is 0 Å². The molecule has 1 N–H and O–H groups in total. The topological polar surface area (TPSA) is 56.8 Å². The fourth-order valence-corrected chi connectivity index (χ4v) is 1.38. The van der Waals surface area contributed by atoms with Gasteiger partial charge >= 0.3 is 0 Å². The maximum absolute atomic E-state index is 11.5. The molecule has 0 saturated heterocycles. The maximum Gasteiger partial charge on any atom is 0.258 e. The van der Waals surface area contributed by atoms with Crippen molar-refractivity contribution in [3.8, 4) is 11.5 Å². The zero-order chi connectivity index (χ0) is 14.8. The third-order valence-corrected chi connectivity index (χ3v) is 2.35. The molecular weight excluding hydrogens is 258 g/mol. The van der Waals surface area contributed by atoms with Crippen molar-refractivity contribution in [3.05, 3.63) is 36.4 Å². The molecule has 0 spiro atoms. The van der Waals surface area contributed by atoms with Crippen LogP contribution < -0.4 is 14.8 Å². The third-order valence-electron chi connectivity index (χ3n) is 2.35. The summed E-state index contributed by atoms with van der Waals surface area (Å²) in [4.78, 5) is 11.5. The van der Waals surface area contributed by atoms with Crippen molar-refractivity contribution >= 4 is 5.91 Å². The Hall–Kier alpha value is -2.01. The van der Waals surface area contributed by atoms with Gasteiger partial charge in [0.15, 0.2) is 6.61 Å². The van der Waals surface area contributed by atoms with Crippen LogP contribution in [0.15, 0.2) is 36.4 Å². The van der Waals surface area contributed by atoms with E-state index in [4.69, 9.17) is 14.2 Å². The van der Waals surface area contributed by atoms with Gasteiger partial charge in [0.2, 0.25) is 0 Å². The minimum absolute atomic E-state index is 0.0210. The van der Waals surface area contributed by atoms with Crippen LogP contribution in [0, 0.1) is 0 Å². The number of benzene rings is 1. The van der Waals surface area contributed by atoms with E-state index in [0.29, 0.717) is 25.5 Å². The highest BCUT2D eigenvalue weighted by molar-refractivity contribution is 5.77. The summed E-state index contributed by atoms with van der Waals surface area (Å²) < 4.78 is 15.6. The van der Waals surface area contributed by atoms with Gasteiger partial charge in [0.05, 0.1) is 20.3 Å². The summed E-state index contributed by atoms with van der Waals surface area (Å²) in [6.07, 6.45) is 0. The zero-order valence-electron chi connectivity index (χ0n) is 12.0. The zero-order valence-corrected chi connectivity index (χ0v) is 12.0. The first kappa shape index (κ1) is 16.0. The van der Waals surface area contributed by atoms with Crippen LogP contribution in [0.1, 0.15) is 6.92 Å². The van der Waals surface area contributed by atoms with Gasteiger partial charge < -0.3 is 19.5 Å². The molecule has 0 saturated carbocycles. The van der Waals surface area contributed by atoms with E-state index >= 15 is 0 Å². The first-order valence-electron chi connectivity index (χ1n) is 6.37. The first-order chi connectivity index (χ1) is 9.61. The van der Waals surface area contributed by atoms with Gasteiger partial charge in [-0.2, -0.15) is 0 Å². The lowest BCUT2D eigenvalue weighted by atomic mass is 10.3. The number of rotatable bonds is 9. The molecule has 1 aromatic carbocycles. The van der Waals surface area contributed by atoms with Crippen LogP contribution in [-0.4, -0.2) is 39.4 Å². The lowest BCUT2D eigenvalue weighted by molar-refractivity contribution is -0.123. The second-order valence-corrected chi connectivity index (χ2v) is 4.32. The van der Waals surface area contributed by atoms with E-state index in [2.05, 4.69) is 11.9 Å². The summed E-state index contributed by atoms with van der Waals surface area (Å²) >= 11 is 0. The highest BCUT2D eigenvalue weighted by Crippen LogP contribution is 2.16. The first-order valence-corrected chi connectivity index (χ1v) is 6.37. The van der Waals surface area contributed by atoms with Crippen LogP contribution in [0.3, 0.4) is 0 Å². The third kappa shape index (κ3) is 6.80. The molecular formula is C15H21NO4. The molecule has 0 aliphatic carbocycles. The van der Waals surface area contributed by atoms with Crippen LogP contribution in [0.5, 0.6) is 11.5 Å². The van der Waals surface area contributed by atoms with Gasteiger partial charge in [0.1, 0.15) is 11.5 Å². The summed E-state index contributed by atoms with van der Waals surface area (Å²) in [6.45, 7) is 7.02. The van der Waals surface area contributed by atoms with Crippen molar-refractivity contribution < 1.29 is 19.0 Å². The molecule has 20 heavy (non-hydrogen) atoms. The predicted molar refractivity (Wildman–Crippen MR) is 77.1 cm³/mol. The van der Waals surface area contributed by atoms with Crippen molar-refractivity contribution in [2.45, 2.75) is 6.92 Å². The van der Waals surface area contributed by atoms with Crippen LogP contribution in [0.4, 0.5) is 0 Å². The van der Waals surface area contributed by atoms with Crippen LogP contribution in [0.2, 0.25) is 0 Å². The minimum Gasteiger partial charge on any atom is -0.497 e. The van der Waals surface area contributed by atoms with Crippen LogP contribution >= 0.6 is 0 Å². The highest BCUT2D eigenvalue weighted by Gasteiger charge is 2.02. The molecule has 0 heterocycles. The number of hydrogen-bond acceptors (Lipinski definition) is 4. The predicted octanol–water partition coefficient (Wildman–Crippen LogP) is 1.78. The molecule has 110 valence electrons. The van der Waals surface area contributed by atoms with Crippen molar-refractivity contribution in [2.24, 2.45) is 0 Å².